The molecule has 0 radical (unpaired) electrons. The number of aromatic nitrogens is 2. The molecule has 1 fully saturated rings. The van der Waals surface area contributed by atoms with Crippen molar-refractivity contribution in [2.75, 3.05) is 26.2 Å². The molecule has 0 unspecified atom stereocenters. The van der Waals surface area contributed by atoms with Crippen molar-refractivity contribution in [2.45, 2.75) is 58.7 Å². The van der Waals surface area contributed by atoms with Crippen molar-refractivity contribution in [1.82, 2.24) is 25.3 Å². The lowest BCUT2D eigenvalue weighted by Crippen LogP contribution is -2.38. The molecule has 6 nitrogen and oxygen atoms in total. The molecule has 0 atom stereocenters. The van der Waals surface area contributed by atoms with Crippen LogP contribution in [0.25, 0.3) is 0 Å². The van der Waals surface area contributed by atoms with Gasteiger partial charge in [0.25, 0.3) is 0 Å². The Morgan fingerprint density at radius 1 is 1.03 bits per heavy atom. The maximum atomic E-state index is 4.74. The Morgan fingerprint density at radius 2 is 1.79 bits per heavy atom. The van der Waals surface area contributed by atoms with E-state index in [0.717, 1.165) is 38.6 Å². The number of aryl methyl sites for hydroxylation is 1. The molecule has 1 aliphatic rings. The molecule has 2 heterocycles. The predicted molar refractivity (Wildman–Crippen MR) is 120 cm³/mol. The lowest BCUT2D eigenvalue weighted by atomic mass is 10.1. The minimum Gasteiger partial charge on any atom is -0.357 e. The maximum absolute atomic E-state index is 4.74. The Hall–Kier alpha value is -2.34. The molecule has 1 aliphatic heterocycles. The Morgan fingerprint density at radius 3 is 2.48 bits per heavy atom. The van der Waals surface area contributed by atoms with Crippen LogP contribution >= 0.6 is 0 Å². The van der Waals surface area contributed by atoms with Gasteiger partial charge >= 0.3 is 0 Å². The number of likely N-dealkylation sites (tertiary alicyclic amines) is 1. The minimum atomic E-state index is 0.693. The van der Waals surface area contributed by atoms with Crippen molar-refractivity contribution >= 4 is 5.96 Å². The second-order valence-corrected chi connectivity index (χ2v) is 7.75. The van der Waals surface area contributed by atoms with E-state index in [-0.39, 0.29) is 0 Å². The molecule has 1 saturated heterocycles. The molecule has 29 heavy (non-hydrogen) atoms. The van der Waals surface area contributed by atoms with Gasteiger partial charge in [-0.2, -0.15) is 5.10 Å². The van der Waals surface area contributed by atoms with E-state index in [1.807, 2.05) is 23.1 Å². The van der Waals surface area contributed by atoms with Gasteiger partial charge in [0.05, 0.1) is 6.54 Å². The highest BCUT2D eigenvalue weighted by molar-refractivity contribution is 5.79. The summed E-state index contributed by atoms with van der Waals surface area (Å²) >= 11 is 0. The minimum absolute atomic E-state index is 0.693. The SMILES string of the molecule is CCNC(=NCc1ccc(CN2CCCCCC2)cc1)NCCCn1cccn1. The van der Waals surface area contributed by atoms with Crippen molar-refractivity contribution in [2.24, 2.45) is 4.99 Å². The predicted octanol–water partition coefficient (Wildman–Crippen LogP) is 3.40. The zero-order valence-electron chi connectivity index (χ0n) is 17.8. The molecule has 1 aromatic heterocycles. The standard InChI is InChI=1S/C23H36N6/c1-2-24-23(25-13-7-17-29-18-8-14-27-29)26-19-21-9-11-22(12-10-21)20-28-15-5-3-4-6-16-28/h8-12,14,18H,2-7,13,15-17,19-20H2,1H3,(H2,24,25,26). The molecule has 0 bridgehead atoms. The molecule has 6 heteroatoms. The van der Waals surface area contributed by atoms with Gasteiger partial charge < -0.3 is 10.6 Å². The van der Waals surface area contributed by atoms with Gasteiger partial charge in [0.1, 0.15) is 0 Å². The maximum Gasteiger partial charge on any atom is 0.191 e. The Balaban J connectivity index is 1.44. The molecule has 0 aliphatic carbocycles. The second kappa shape index (κ2) is 12.3. The number of hydrogen-bond donors (Lipinski definition) is 2. The van der Waals surface area contributed by atoms with Crippen molar-refractivity contribution in [1.29, 1.82) is 0 Å². The molecule has 2 N–H and O–H groups in total. The summed E-state index contributed by atoms with van der Waals surface area (Å²) in [5, 5.41) is 11.0. The van der Waals surface area contributed by atoms with E-state index in [0.29, 0.717) is 6.54 Å². The fourth-order valence-electron chi connectivity index (χ4n) is 3.70. The largest absolute Gasteiger partial charge is 0.357 e. The quantitative estimate of drug-likeness (QED) is 0.387. The zero-order chi connectivity index (χ0) is 20.2. The van der Waals surface area contributed by atoms with Crippen molar-refractivity contribution in [3.05, 3.63) is 53.9 Å². The average Bonchev–Trinajstić information content (AvgIpc) is 3.13. The number of guanidine groups is 1. The van der Waals surface area contributed by atoms with Crippen molar-refractivity contribution in [3.63, 3.8) is 0 Å². The van der Waals surface area contributed by atoms with Gasteiger partial charge in [0, 0.05) is 38.6 Å². The van der Waals surface area contributed by atoms with Gasteiger partial charge in [0.2, 0.25) is 0 Å². The van der Waals surface area contributed by atoms with Crippen LogP contribution < -0.4 is 10.6 Å². The van der Waals surface area contributed by atoms with E-state index in [1.165, 1.54) is 49.9 Å². The first-order chi connectivity index (χ1) is 14.3. The molecular formula is C23H36N6. The summed E-state index contributed by atoms with van der Waals surface area (Å²) in [5.74, 6) is 0.876. The number of hydrogen-bond acceptors (Lipinski definition) is 3. The summed E-state index contributed by atoms with van der Waals surface area (Å²) in [5.41, 5.74) is 2.65. The van der Waals surface area contributed by atoms with Crippen LogP contribution in [0.15, 0.2) is 47.7 Å². The summed E-state index contributed by atoms with van der Waals surface area (Å²) in [7, 11) is 0. The highest BCUT2D eigenvalue weighted by atomic mass is 15.3. The van der Waals surface area contributed by atoms with Crippen LogP contribution in [-0.2, 0) is 19.6 Å². The van der Waals surface area contributed by atoms with Gasteiger partial charge in [-0.05, 0) is 56.5 Å². The third kappa shape index (κ3) is 7.89. The van der Waals surface area contributed by atoms with Crippen molar-refractivity contribution < 1.29 is 0 Å². The van der Waals surface area contributed by atoms with E-state index in [4.69, 9.17) is 4.99 Å². The zero-order valence-corrected chi connectivity index (χ0v) is 17.8. The lowest BCUT2D eigenvalue weighted by molar-refractivity contribution is 0.277. The summed E-state index contributed by atoms with van der Waals surface area (Å²) in [6, 6.07) is 10.9. The van der Waals surface area contributed by atoms with Crippen LogP contribution in [0.4, 0.5) is 0 Å². The molecule has 0 amide bonds. The summed E-state index contributed by atoms with van der Waals surface area (Å²) in [4.78, 5) is 7.33. The molecular weight excluding hydrogens is 360 g/mol. The smallest absolute Gasteiger partial charge is 0.191 e. The third-order valence-electron chi connectivity index (χ3n) is 5.31. The number of rotatable bonds is 9. The number of aliphatic imine (C=N–C) groups is 1. The number of nitrogens with one attached hydrogen (secondary N) is 2. The van der Waals surface area contributed by atoms with E-state index < -0.39 is 0 Å². The van der Waals surface area contributed by atoms with Gasteiger partial charge in [0.15, 0.2) is 5.96 Å². The first-order valence-electron chi connectivity index (χ1n) is 11.1. The third-order valence-corrected chi connectivity index (χ3v) is 5.31. The van der Waals surface area contributed by atoms with Gasteiger partial charge in [-0.15, -0.1) is 0 Å². The molecule has 3 rings (SSSR count). The van der Waals surface area contributed by atoms with E-state index >= 15 is 0 Å². The number of nitrogens with zero attached hydrogens (tertiary/aromatic N) is 4. The van der Waals surface area contributed by atoms with Crippen molar-refractivity contribution in [3.8, 4) is 0 Å². The fraction of sp³-hybridized carbons (Fsp3) is 0.565. The second-order valence-electron chi connectivity index (χ2n) is 7.75. The normalized spacial score (nSPS) is 15.8. The van der Waals surface area contributed by atoms with Gasteiger partial charge in [-0.1, -0.05) is 37.1 Å². The molecule has 0 spiro atoms. The Labute approximate surface area is 175 Å². The van der Waals surface area contributed by atoms with Gasteiger partial charge in [-0.25, -0.2) is 4.99 Å². The van der Waals surface area contributed by atoms with Crippen LogP contribution in [0.3, 0.4) is 0 Å². The summed E-state index contributed by atoms with van der Waals surface area (Å²) in [6.07, 6.45) is 10.3. The van der Waals surface area contributed by atoms with Gasteiger partial charge in [-0.3, -0.25) is 9.58 Å². The first kappa shape index (κ1) is 21.4. The molecule has 158 valence electrons. The highest BCUT2D eigenvalue weighted by Gasteiger charge is 2.09. The van der Waals surface area contributed by atoms with Crippen LogP contribution in [-0.4, -0.2) is 46.8 Å². The number of benzene rings is 1. The molecule has 1 aromatic carbocycles. The van der Waals surface area contributed by atoms with Crippen LogP contribution in [0.5, 0.6) is 0 Å². The average molecular weight is 397 g/mol. The van der Waals surface area contributed by atoms with Crippen LogP contribution in [0, 0.1) is 0 Å². The topological polar surface area (TPSA) is 57.5 Å². The fourth-order valence-corrected chi connectivity index (χ4v) is 3.70. The van der Waals surface area contributed by atoms with Crippen LogP contribution in [0.1, 0.15) is 50.2 Å². The lowest BCUT2D eigenvalue weighted by Gasteiger charge is -2.19. The molecule has 0 saturated carbocycles. The van der Waals surface area contributed by atoms with E-state index in [9.17, 15) is 0 Å². The van der Waals surface area contributed by atoms with E-state index in [1.54, 1.807) is 0 Å². The first-order valence-corrected chi connectivity index (χ1v) is 11.1. The molecule has 2 aromatic rings. The monoisotopic (exact) mass is 396 g/mol. The highest BCUT2D eigenvalue weighted by Crippen LogP contribution is 2.14. The van der Waals surface area contributed by atoms with E-state index in [2.05, 4.69) is 51.8 Å². The summed E-state index contributed by atoms with van der Waals surface area (Å²) in [6.45, 7) is 8.99. The van der Waals surface area contributed by atoms with Crippen LogP contribution in [0.2, 0.25) is 0 Å². The summed E-state index contributed by atoms with van der Waals surface area (Å²) < 4.78 is 1.96. The Kier molecular flexibility index (Phi) is 9.04. The Bertz CT molecular complexity index is 699.